The fraction of sp³-hybridized carbons (Fsp3) is 0.286. The summed E-state index contributed by atoms with van der Waals surface area (Å²) in [5.74, 6) is 1.40. The molecule has 0 unspecified atom stereocenters. The van der Waals surface area contributed by atoms with Crippen molar-refractivity contribution in [2.24, 2.45) is 0 Å². The molecule has 5 nitrogen and oxygen atoms in total. The number of nitrogens with one attached hydrogen (secondary N) is 1. The van der Waals surface area contributed by atoms with E-state index in [1.165, 1.54) is 5.56 Å². The van der Waals surface area contributed by atoms with Crippen LogP contribution >= 0.6 is 0 Å². The van der Waals surface area contributed by atoms with Crippen molar-refractivity contribution in [3.8, 4) is 0 Å². The maximum Gasteiger partial charge on any atom is 0.228 e. The van der Waals surface area contributed by atoms with Gasteiger partial charge in [0, 0.05) is 13.0 Å². The van der Waals surface area contributed by atoms with E-state index in [1.54, 1.807) is 0 Å². The number of nitrogens with zero attached hydrogens (tertiary/aromatic N) is 3. The van der Waals surface area contributed by atoms with Crippen LogP contribution in [-0.2, 0) is 18.4 Å². The number of hydrogen-bond acceptors (Lipinski definition) is 5. The topological polar surface area (TPSA) is 76.7 Å². The van der Waals surface area contributed by atoms with E-state index < -0.39 is 0 Å². The van der Waals surface area contributed by atoms with Gasteiger partial charge in [0.25, 0.3) is 0 Å². The van der Waals surface area contributed by atoms with E-state index in [-0.39, 0.29) is 11.4 Å². The lowest BCUT2D eigenvalue weighted by molar-refractivity contribution is 0.590. The van der Waals surface area contributed by atoms with Crippen molar-refractivity contribution >= 4 is 11.9 Å². The zero-order chi connectivity index (χ0) is 18.6. The smallest absolute Gasteiger partial charge is 0.228 e. The Bertz CT molecular complexity index is 852. The third-order valence-electron chi connectivity index (χ3n) is 4.17. The lowest BCUT2D eigenvalue weighted by Gasteiger charge is -2.19. The summed E-state index contributed by atoms with van der Waals surface area (Å²) in [7, 11) is 0. The molecule has 0 aliphatic carbocycles. The van der Waals surface area contributed by atoms with Crippen molar-refractivity contribution in [3.63, 3.8) is 0 Å². The second kappa shape index (κ2) is 7.52. The van der Waals surface area contributed by atoms with E-state index in [9.17, 15) is 0 Å². The van der Waals surface area contributed by atoms with Crippen LogP contribution in [0.2, 0.25) is 0 Å². The Labute approximate surface area is 154 Å². The first-order valence-electron chi connectivity index (χ1n) is 8.78. The maximum atomic E-state index is 5.86. The Kier molecular flexibility index (Phi) is 5.16. The van der Waals surface area contributed by atoms with Gasteiger partial charge in [0.05, 0.1) is 0 Å². The number of anilines is 2. The molecule has 26 heavy (non-hydrogen) atoms. The van der Waals surface area contributed by atoms with Crippen LogP contribution in [0.3, 0.4) is 0 Å². The molecule has 1 heterocycles. The Balaban J connectivity index is 1.71. The van der Waals surface area contributed by atoms with Gasteiger partial charge < -0.3 is 11.1 Å². The van der Waals surface area contributed by atoms with Crippen LogP contribution in [0.15, 0.2) is 54.6 Å². The monoisotopic (exact) mass is 347 g/mol. The van der Waals surface area contributed by atoms with E-state index in [2.05, 4.69) is 77.4 Å². The fourth-order valence-corrected chi connectivity index (χ4v) is 2.68. The van der Waals surface area contributed by atoms with Gasteiger partial charge in [-0.05, 0) is 22.1 Å². The minimum Gasteiger partial charge on any atom is -0.368 e. The van der Waals surface area contributed by atoms with Gasteiger partial charge in [-0.2, -0.15) is 15.0 Å². The molecule has 5 heteroatoms. The summed E-state index contributed by atoms with van der Waals surface area (Å²) in [5.41, 5.74) is 9.62. The van der Waals surface area contributed by atoms with E-state index in [4.69, 9.17) is 5.73 Å². The summed E-state index contributed by atoms with van der Waals surface area (Å²) < 4.78 is 0. The lowest BCUT2D eigenvalue weighted by Crippen LogP contribution is -2.11. The largest absolute Gasteiger partial charge is 0.368 e. The molecule has 3 N–H and O–H groups in total. The zero-order valence-electron chi connectivity index (χ0n) is 15.5. The Morgan fingerprint density at radius 2 is 1.54 bits per heavy atom. The molecule has 0 fully saturated rings. The standard InChI is InChI=1S/C21H25N5/c1-21(2,3)17-11-9-15(10-12-17)13-18-24-19(22)26-20(25-18)23-14-16-7-5-4-6-8-16/h4-12H,13-14H2,1-3H3,(H3,22,23,24,25,26). The second-order valence-electron chi connectivity index (χ2n) is 7.40. The zero-order valence-corrected chi connectivity index (χ0v) is 15.5. The summed E-state index contributed by atoms with van der Waals surface area (Å²) in [5, 5.41) is 3.21. The molecular formula is C21H25N5. The van der Waals surface area contributed by atoms with Gasteiger partial charge >= 0.3 is 0 Å². The molecule has 3 aromatic rings. The van der Waals surface area contributed by atoms with E-state index in [0.717, 1.165) is 11.1 Å². The fourth-order valence-electron chi connectivity index (χ4n) is 2.68. The molecule has 3 rings (SSSR count). The van der Waals surface area contributed by atoms with Gasteiger partial charge in [-0.15, -0.1) is 0 Å². The van der Waals surface area contributed by atoms with E-state index in [0.29, 0.717) is 24.7 Å². The molecule has 0 saturated heterocycles. The van der Waals surface area contributed by atoms with Crippen molar-refractivity contribution in [1.29, 1.82) is 0 Å². The Morgan fingerprint density at radius 1 is 0.846 bits per heavy atom. The van der Waals surface area contributed by atoms with Gasteiger partial charge in [0.15, 0.2) is 0 Å². The van der Waals surface area contributed by atoms with Crippen LogP contribution < -0.4 is 11.1 Å². The molecule has 0 aliphatic heterocycles. The predicted molar refractivity (Wildman–Crippen MR) is 106 cm³/mol. The molecule has 0 saturated carbocycles. The highest BCUT2D eigenvalue weighted by Gasteiger charge is 2.13. The molecule has 0 atom stereocenters. The quantitative estimate of drug-likeness (QED) is 0.731. The highest BCUT2D eigenvalue weighted by Crippen LogP contribution is 2.22. The van der Waals surface area contributed by atoms with Gasteiger partial charge in [0.2, 0.25) is 11.9 Å². The lowest BCUT2D eigenvalue weighted by atomic mass is 9.86. The number of aromatic nitrogens is 3. The van der Waals surface area contributed by atoms with Crippen LogP contribution in [0.1, 0.15) is 43.3 Å². The SMILES string of the molecule is CC(C)(C)c1ccc(Cc2nc(N)nc(NCc3ccccc3)n2)cc1. The number of hydrogen-bond donors (Lipinski definition) is 2. The second-order valence-corrected chi connectivity index (χ2v) is 7.40. The molecule has 0 spiro atoms. The molecule has 0 radical (unpaired) electrons. The molecule has 0 aliphatic rings. The molecule has 2 aromatic carbocycles. The first-order valence-corrected chi connectivity index (χ1v) is 8.78. The van der Waals surface area contributed by atoms with Crippen LogP contribution in [0.5, 0.6) is 0 Å². The van der Waals surface area contributed by atoms with Crippen molar-refractivity contribution in [1.82, 2.24) is 15.0 Å². The summed E-state index contributed by atoms with van der Waals surface area (Å²) in [6.45, 7) is 7.27. The average molecular weight is 347 g/mol. The summed E-state index contributed by atoms with van der Waals surface area (Å²) in [6.07, 6.45) is 0.622. The minimum absolute atomic E-state index is 0.144. The number of benzene rings is 2. The summed E-state index contributed by atoms with van der Waals surface area (Å²) in [6, 6.07) is 18.7. The number of rotatable bonds is 5. The van der Waals surface area contributed by atoms with Gasteiger partial charge in [-0.1, -0.05) is 75.4 Å². The maximum absolute atomic E-state index is 5.86. The average Bonchev–Trinajstić information content (AvgIpc) is 2.60. The number of nitrogens with two attached hydrogens (primary N) is 1. The van der Waals surface area contributed by atoms with Crippen molar-refractivity contribution < 1.29 is 0 Å². The van der Waals surface area contributed by atoms with E-state index >= 15 is 0 Å². The van der Waals surface area contributed by atoms with Gasteiger partial charge in [-0.25, -0.2) is 0 Å². The predicted octanol–water partition coefficient (Wildman–Crippen LogP) is 3.95. The molecule has 0 bridgehead atoms. The normalized spacial score (nSPS) is 11.3. The van der Waals surface area contributed by atoms with Crippen molar-refractivity contribution in [3.05, 3.63) is 77.1 Å². The highest BCUT2D eigenvalue weighted by molar-refractivity contribution is 5.35. The minimum atomic E-state index is 0.144. The first kappa shape index (κ1) is 17.9. The Morgan fingerprint density at radius 3 is 2.19 bits per heavy atom. The first-order chi connectivity index (χ1) is 12.4. The third kappa shape index (κ3) is 4.79. The Hall–Kier alpha value is -2.95. The van der Waals surface area contributed by atoms with Crippen LogP contribution in [0.4, 0.5) is 11.9 Å². The molecule has 134 valence electrons. The van der Waals surface area contributed by atoms with Gasteiger partial charge in [0.1, 0.15) is 5.82 Å². The third-order valence-corrected chi connectivity index (χ3v) is 4.17. The summed E-state index contributed by atoms with van der Waals surface area (Å²) >= 11 is 0. The summed E-state index contributed by atoms with van der Waals surface area (Å²) in [4.78, 5) is 13.0. The molecule has 0 amide bonds. The van der Waals surface area contributed by atoms with E-state index in [1.807, 2.05) is 18.2 Å². The highest BCUT2D eigenvalue weighted by atomic mass is 15.2. The van der Waals surface area contributed by atoms with Crippen molar-refractivity contribution in [2.45, 2.75) is 39.2 Å². The molecular weight excluding hydrogens is 322 g/mol. The van der Waals surface area contributed by atoms with Crippen molar-refractivity contribution in [2.75, 3.05) is 11.1 Å². The van der Waals surface area contributed by atoms with Crippen LogP contribution in [-0.4, -0.2) is 15.0 Å². The van der Waals surface area contributed by atoms with Crippen LogP contribution in [0.25, 0.3) is 0 Å². The number of nitrogen functional groups attached to an aromatic ring is 1. The van der Waals surface area contributed by atoms with Gasteiger partial charge in [-0.3, -0.25) is 0 Å². The van der Waals surface area contributed by atoms with Crippen LogP contribution in [0, 0.1) is 0 Å². The molecule has 1 aromatic heterocycles.